The van der Waals surface area contributed by atoms with Crippen LogP contribution in [0.25, 0.3) is 0 Å². The molecule has 0 spiro atoms. The third-order valence-corrected chi connectivity index (χ3v) is 1.86. The van der Waals surface area contributed by atoms with Crippen molar-refractivity contribution in [3.05, 3.63) is 29.8 Å². The molecule has 1 aromatic carbocycles. The zero-order valence-corrected chi connectivity index (χ0v) is 7.76. The number of hydrogen-bond donors (Lipinski definition) is 2. The van der Waals surface area contributed by atoms with E-state index in [1.165, 1.54) is 0 Å². The summed E-state index contributed by atoms with van der Waals surface area (Å²) < 4.78 is 0. The molecular formula is C10H15NO. The molecule has 0 aliphatic carbocycles. The summed E-state index contributed by atoms with van der Waals surface area (Å²) in [6, 6.07) is 7.74. The molecule has 2 nitrogen and oxygen atoms in total. The Labute approximate surface area is 73.2 Å². The maximum absolute atomic E-state index is 8.83. The fourth-order valence-corrected chi connectivity index (χ4v) is 1.23. The summed E-state index contributed by atoms with van der Waals surface area (Å²) in [6.07, 6.45) is 0. The van der Waals surface area contributed by atoms with Crippen LogP contribution in [0.4, 0.5) is 5.69 Å². The van der Waals surface area contributed by atoms with E-state index in [4.69, 9.17) is 5.21 Å². The monoisotopic (exact) mass is 165 g/mol. The second-order valence-corrected chi connectivity index (χ2v) is 3.91. The van der Waals surface area contributed by atoms with Crippen LogP contribution in [0.3, 0.4) is 0 Å². The second kappa shape index (κ2) is 3.15. The number of benzene rings is 1. The molecule has 12 heavy (non-hydrogen) atoms. The standard InChI is InChI=1S/C10H15NO/c1-10(2,3)8-6-4-5-7-9(8)11-12/h4-7,11-12H,1-3H3. The average molecular weight is 165 g/mol. The first-order valence-electron chi connectivity index (χ1n) is 4.05. The summed E-state index contributed by atoms with van der Waals surface area (Å²) in [5.74, 6) is 0. The van der Waals surface area contributed by atoms with Crippen molar-refractivity contribution in [2.24, 2.45) is 0 Å². The van der Waals surface area contributed by atoms with E-state index in [1.54, 1.807) is 0 Å². The van der Waals surface area contributed by atoms with Crippen molar-refractivity contribution in [3.63, 3.8) is 0 Å². The molecule has 0 saturated carbocycles. The van der Waals surface area contributed by atoms with Crippen LogP contribution in [-0.4, -0.2) is 5.21 Å². The molecule has 0 aliphatic rings. The van der Waals surface area contributed by atoms with E-state index in [-0.39, 0.29) is 5.41 Å². The maximum atomic E-state index is 8.83. The van der Waals surface area contributed by atoms with E-state index in [1.807, 2.05) is 24.3 Å². The first kappa shape index (κ1) is 9.07. The van der Waals surface area contributed by atoms with Crippen molar-refractivity contribution in [1.29, 1.82) is 0 Å². The van der Waals surface area contributed by atoms with Gasteiger partial charge < -0.3 is 0 Å². The van der Waals surface area contributed by atoms with Gasteiger partial charge in [0.05, 0.1) is 5.69 Å². The smallest absolute Gasteiger partial charge is 0.0639 e. The largest absolute Gasteiger partial charge is 0.291 e. The lowest BCUT2D eigenvalue weighted by Gasteiger charge is -2.21. The Morgan fingerprint density at radius 1 is 1.17 bits per heavy atom. The van der Waals surface area contributed by atoms with Gasteiger partial charge in [0.1, 0.15) is 0 Å². The summed E-state index contributed by atoms with van der Waals surface area (Å²) in [5.41, 5.74) is 4.16. The van der Waals surface area contributed by atoms with Gasteiger partial charge >= 0.3 is 0 Å². The van der Waals surface area contributed by atoms with Crippen molar-refractivity contribution in [2.75, 3.05) is 5.48 Å². The van der Waals surface area contributed by atoms with Crippen molar-refractivity contribution >= 4 is 5.69 Å². The van der Waals surface area contributed by atoms with Gasteiger partial charge in [-0.3, -0.25) is 10.7 Å². The number of anilines is 1. The Morgan fingerprint density at radius 3 is 2.17 bits per heavy atom. The molecule has 66 valence electrons. The van der Waals surface area contributed by atoms with Crippen molar-refractivity contribution in [2.45, 2.75) is 26.2 Å². The van der Waals surface area contributed by atoms with Gasteiger partial charge in [-0.25, -0.2) is 0 Å². The Balaban J connectivity index is 3.14. The Bertz CT molecular complexity index is 263. The summed E-state index contributed by atoms with van der Waals surface area (Å²) in [4.78, 5) is 0. The molecule has 0 aromatic heterocycles. The number of rotatable bonds is 1. The van der Waals surface area contributed by atoms with Crippen LogP contribution in [0.15, 0.2) is 24.3 Å². The third-order valence-electron chi connectivity index (χ3n) is 1.86. The minimum Gasteiger partial charge on any atom is -0.291 e. The van der Waals surface area contributed by atoms with Crippen molar-refractivity contribution < 1.29 is 5.21 Å². The highest BCUT2D eigenvalue weighted by Crippen LogP contribution is 2.28. The summed E-state index contributed by atoms with van der Waals surface area (Å²) in [5, 5.41) is 8.83. The Morgan fingerprint density at radius 2 is 1.75 bits per heavy atom. The van der Waals surface area contributed by atoms with Gasteiger partial charge in [-0.2, -0.15) is 0 Å². The highest BCUT2D eigenvalue weighted by Gasteiger charge is 2.16. The minimum atomic E-state index is 0.0618. The summed E-state index contributed by atoms with van der Waals surface area (Å²) >= 11 is 0. The lowest BCUT2D eigenvalue weighted by molar-refractivity contribution is 0.386. The molecule has 0 saturated heterocycles. The first-order valence-corrected chi connectivity index (χ1v) is 4.05. The molecule has 0 unspecified atom stereocenters. The molecule has 0 radical (unpaired) electrons. The summed E-state index contributed by atoms with van der Waals surface area (Å²) in [6.45, 7) is 6.34. The third kappa shape index (κ3) is 1.77. The highest BCUT2D eigenvalue weighted by molar-refractivity contribution is 5.52. The molecular weight excluding hydrogens is 150 g/mol. The quantitative estimate of drug-likeness (QED) is 0.627. The van der Waals surface area contributed by atoms with Gasteiger partial charge in [0.25, 0.3) is 0 Å². The average Bonchev–Trinajstić information content (AvgIpc) is 2.03. The van der Waals surface area contributed by atoms with E-state index in [2.05, 4.69) is 26.3 Å². The zero-order valence-electron chi connectivity index (χ0n) is 7.76. The molecule has 0 aliphatic heterocycles. The fourth-order valence-electron chi connectivity index (χ4n) is 1.23. The van der Waals surface area contributed by atoms with Gasteiger partial charge in [-0.15, -0.1) is 0 Å². The topological polar surface area (TPSA) is 32.3 Å². The van der Waals surface area contributed by atoms with E-state index < -0.39 is 0 Å². The van der Waals surface area contributed by atoms with Crippen LogP contribution < -0.4 is 5.48 Å². The summed E-state index contributed by atoms with van der Waals surface area (Å²) in [7, 11) is 0. The lowest BCUT2D eigenvalue weighted by Crippen LogP contribution is -2.13. The minimum absolute atomic E-state index is 0.0618. The van der Waals surface area contributed by atoms with Crippen molar-refractivity contribution in [3.8, 4) is 0 Å². The van der Waals surface area contributed by atoms with Gasteiger partial charge in [0.15, 0.2) is 0 Å². The Hall–Kier alpha value is -1.02. The molecule has 1 aromatic rings. The molecule has 0 atom stereocenters. The molecule has 1 rings (SSSR count). The molecule has 0 fully saturated rings. The zero-order chi connectivity index (χ0) is 9.19. The van der Waals surface area contributed by atoms with Gasteiger partial charge in [-0.05, 0) is 17.0 Å². The van der Waals surface area contributed by atoms with Crippen LogP contribution >= 0.6 is 0 Å². The molecule has 0 amide bonds. The van der Waals surface area contributed by atoms with E-state index in [0.717, 1.165) is 11.3 Å². The van der Waals surface area contributed by atoms with E-state index in [0.29, 0.717) is 0 Å². The predicted molar refractivity (Wildman–Crippen MR) is 50.6 cm³/mol. The maximum Gasteiger partial charge on any atom is 0.0639 e. The van der Waals surface area contributed by atoms with Crippen LogP contribution in [0.1, 0.15) is 26.3 Å². The van der Waals surface area contributed by atoms with E-state index >= 15 is 0 Å². The molecule has 0 heterocycles. The van der Waals surface area contributed by atoms with Gasteiger partial charge in [-0.1, -0.05) is 39.0 Å². The number of hydrogen-bond acceptors (Lipinski definition) is 2. The first-order chi connectivity index (χ1) is 5.55. The van der Waals surface area contributed by atoms with E-state index in [9.17, 15) is 0 Å². The molecule has 2 N–H and O–H groups in total. The van der Waals surface area contributed by atoms with Gasteiger partial charge in [0, 0.05) is 0 Å². The number of nitrogens with one attached hydrogen (secondary N) is 1. The van der Waals surface area contributed by atoms with Crippen LogP contribution in [0.2, 0.25) is 0 Å². The van der Waals surface area contributed by atoms with Crippen LogP contribution in [0, 0.1) is 0 Å². The normalized spacial score (nSPS) is 11.3. The second-order valence-electron chi connectivity index (χ2n) is 3.91. The van der Waals surface area contributed by atoms with Crippen molar-refractivity contribution in [1.82, 2.24) is 0 Å². The fraction of sp³-hybridized carbons (Fsp3) is 0.400. The van der Waals surface area contributed by atoms with Crippen LogP contribution in [0.5, 0.6) is 0 Å². The molecule has 0 bridgehead atoms. The predicted octanol–water partition coefficient (Wildman–Crippen LogP) is 2.79. The Kier molecular flexibility index (Phi) is 2.38. The van der Waals surface area contributed by atoms with Crippen LogP contribution in [-0.2, 0) is 5.41 Å². The van der Waals surface area contributed by atoms with Gasteiger partial charge in [0.2, 0.25) is 0 Å². The lowest BCUT2D eigenvalue weighted by atomic mass is 9.86. The SMILES string of the molecule is CC(C)(C)c1ccccc1NO. The molecule has 2 heteroatoms. The number of para-hydroxylation sites is 1. The highest BCUT2D eigenvalue weighted by atomic mass is 16.5.